The molecule has 0 saturated carbocycles. The van der Waals surface area contributed by atoms with E-state index in [1.165, 1.54) is 0 Å². The Kier molecular flexibility index (Phi) is 7.88. The molecule has 0 unspecified atom stereocenters. The van der Waals surface area contributed by atoms with E-state index in [-0.39, 0.29) is 11.8 Å². The summed E-state index contributed by atoms with van der Waals surface area (Å²) in [7, 11) is 0. The van der Waals surface area contributed by atoms with Gasteiger partial charge in [0, 0.05) is 11.6 Å². The van der Waals surface area contributed by atoms with Gasteiger partial charge in [0.15, 0.2) is 6.10 Å². The Morgan fingerprint density at radius 1 is 1.14 bits per heavy atom. The minimum atomic E-state index is -0.688. The predicted octanol–water partition coefficient (Wildman–Crippen LogP) is 4.83. The number of para-hydroxylation sites is 1. The molecular formula is C22H27ClN2O3. The standard InChI is InChI=1S/C22H27ClN2O3/c1-5-20(28-16-10-11-18(23)15(4)12-16)22(27)25-19-9-7-6-8-17(19)21(26)24-13-14(2)3/h6-12,14,20H,5,13H2,1-4H3,(H,24,26)(H,25,27)/t20-/m1/s1. The molecule has 0 saturated heterocycles. The van der Waals surface area contributed by atoms with Gasteiger partial charge in [-0.3, -0.25) is 9.59 Å². The van der Waals surface area contributed by atoms with Crippen LogP contribution >= 0.6 is 11.6 Å². The highest BCUT2D eigenvalue weighted by Gasteiger charge is 2.21. The van der Waals surface area contributed by atoms with Gasteiger partial charge in [-0.1, -0.05) is 44.5 Å². The Hall–Kier alpha value is -2.53. The third kappa shape index (κ3) is 5.99. The van der Waals surface area contributed by atoms with Crippen LogP contribution in [0.4, 0.5) is 5.69 Å². The maximum atomic E-state index is 12.7. The van der Waals surface area contributed by atoms with E-state index in [4.69, 9.17) is 16.3 Å². The summed E-state index contributed by atoms with van der Waals surface area (Å²) in [4.78, 5) is 25.2. The number of nitrogens with one attached hydrogen (secondary N) is 2. The molecule has 0 spiro atoms. The second-order valence-electron chi connectivity index (χ2n) is 7.06. The molecule has 2 amide bonds. The number of amides is 2. The lowest BCUT2D eigenvalue weighted by Gasteiger charge is -2.19. The van der Waals surface area contributed by atoms with Crippen molar-refractivity contribution in [1.82, 2.24) is 5.32 Å². The average Bonchev–Trinajstić information content (AvgIpc) is 2.67. The fraction of sp³-hybridized carbons (Fsp3) is 0.364. The molecule has 5 nitrogen and oxygen atoms in total. The number of carbonyl (C=O) groups excluding carboxylic acids is 2. The summed E-state index contributed by atoms with van der Waals surface area (Å²) in [6.07, 6.45) is -0.206. The first-order valence-corrected chi connectivity index (χ1v) is 9.80. The van der Waals surface area contributed by atoms with Crippen molar-refractivity contribution in [2.75, 3.05) is 11.9 Å². The molecule has 0 aliphatic carbocycles. The number of rotatable bonds is 8. The maximum absolute atomic E-state index is 12.7. The largest absolute Gasteiger partial charge is 0.481 e. The van der Waals surface area contributed by atoms with Gasteiger partial charge in [0.25, 0.3) is 11.8 Å². The summed E-state index contributed by atoms with van der Waals surface area (Å²) in [6.45, 7) is 8.36. The highest BCUT2D eigenvalue weighted by atomic mass is 35.5. The molecule has 2 aromatic carbocycles. The molecule has 0 heterocycles. The van der Waals surface area contributed by atoms with Gasteiger partial charge >= 0.3 is 0 Å². The quantitative estimate of drug-likeness (QED) is 0.664. The zero-order chi connectivity index (χ0) is 20.7. The van der Waals surface area contributed by atoms with Gasteiger partial charge < -0.3 is 15.4 Å². The lowest BCUT2D eigenvalue weighted by molar-refractivity contribution is -0.122. The summed E-state index contributed by atoms with van der Waals surface area (Å²) < 4.78 is 5.84. The topological polar surface area (TPSA) is 67.4 Å². The highest BCUT2D eigenvalue weighted by molar-refractivity contribution is 6.31. The zero-order valence-corrected chi connectivity index (χ0v) is 17.5. The number of aryl methyl sites for hydroxylation is 1. The van der Waals surface area contributed by atoms with Crippen molar-refractivity contribution in [3.8, 4) is 5.75 Å². The summed E-state index contributed by atoms with van der Waals surface area (Å²) in [6, 6.07) is 12.2. The summed E-state index contributed by atoms with van der Waals surface area (Å²) in [5.41, 5.74) is 1.76. The molecule has 0 radical (unpaired) electrons. The molecule has 0 fully saturated rings. The zero-order valence-electron chi connectivity index (χ0n) is 16.7. The minimum Gasteiger partial charge on any atom is -0.481 e. The average molecular weight is 403 g/mol. The number of carbonyl (C=O) groups is 2. The summed E-state index contributed by atoms with van der Waals surface area (Å²) in [5.74, 6) is 0.393. The van der Waals surface area contributed by atoms with Crippen molar-refractivity contribution >= 4 is 29.1 Å². The molecule has 0 aromatic heterocycles. The van der Waals surface area contributed by atoms with Crippen LogP contribution in [0.25, 0.3) is 0 Å². The van der Waals surface area contributed by atoms with Gasteiger partial charge in [0.1, 0.15) is 5.75 Å². The van der Waals surface area contributed by atoms with E-state index in [9.17, 15) is 9.59 Å². The van der Waals surface area contributed by atoms with E-state index < -0.39 is 6.10 Å². The van der Waals surface area contributed by atoms with E-state index in [0.29, 0.717) is 40.9 Å². The molecule has 150 valence electrons. The van der Waals surface area contributed by atoms with Gasteiger partial charge in [-0.15, -0.1) is 0 Å². The first-order valence-electron chi connectivity index (χ1n) is 9.42. The number of ether oxygens (including phenoxy) is 1. The smallest absolute Gasteiger partial charge is 0.265 e. The second kappa shape index (κ2) is 10.1. The monoisotopic (exact) mass is 402 g/mol. The first kappa shape index (κ1) is 21.8. The first-order chi connectivity index (χ1) is 13.3. The van der Waals surface area contributed by atoms with Crippen LogP contribution in [0.2, 0.25) is 5.02 Å². The van der Waals surface area contributed by atoms with Crippen molar-refractivity contribution in [1.29, 1.82) is 0 Å². The van der Waals surface area contributed by atoms with Crippen LogP contribution in [0, 0.1) is 12.8 Å². The van der Waals surface area contributed by atoms with Gasteiger partial charge in [0.2, 0.25) is 0 Å². The molecule has 2 aromatic rings. The van der Waals surface area contributed by atoms with Crippen LogP contribution in [-0.4, -0.2) is 24.5 Å². The van der Waals surface area contributed by atoms with E-state index in [2.05, 4.69) is 10.6 Å². The summed E-state index contributed by atoms with van der Waals surface area (Å²) in [5, 5.41) is 6.34. The van der Waals surface area contributed by atoms with E-state index in [0.717, 1.165) is 5.56 Å². The van der Waals surface area contributed by atoms with E-state index in [1.807, 2.05) is 27.7 Å². The third-order valence-corrected chi connectivity index (χ3v) is 4.60. The number of halogens is 1. The Bertz CT molecular complexity index is 836. The molecule has 0 bridgehead atoms. The highest BCUT2D eigenvalue weighted by Crippen LogP contribution is 2.23. The minimum absolute atomic E-state index is 0.216. The SMILES string of the molecule is CC[C@@H](Oc1ccc(Cl)c(C)c1)C(=O)Nc1ccccc1C(=O)NCC(C)C. The lowest BCUT2D eigenvalue weighted by atomic mass is 10.1. The molecule has 0 aliphatic heterocycles. The number of anilines is 1. The van der Waals surface area contributed by atoms with Crippen molar-refractivity contribution < 1.29 is 14.3 Å². The van der Waals surface area contributed by atoms with Crippen LogP contribution in [0.3, 0.4) is 0 Å². The molecular weight excluding hydrogens is 376 g/mol. The second-order valence-corrected chi connectivity index (χ2v) is 7.47. The fourth-order valence-corrected chi connectivity index (χ4v) is 2.69. The van der Waals surface area contributed by atoms with Crippen molar-refractivity contribution in [2.45, 2.75) is 40.2 Å². The molecule has 6 heteroatoms. The Balaban J connectivity index is 2.11. The normalized spacial score (nSPS) is 11.8. The number of hydrogen-bond acceptors (Lipinski definition) is 3. The predicted molar refractivity (Wildman–Crippen MR) is 113 cm³/mol. The third-order valence-electron chi connectivity index (χ3n) is 4.17. The van der Waals surface area contributed by atoms with Crippen molar-refractivity contribution in [3.05, 3.63) is 58.6 Å². The fourth-order valence-electron chi connectivity index (χ4n) is 2.57. The van der Waals surface area contributed by atoms with Gasteiger partial charge in [-0.05, 0) is 55.2 Å². The lowest BCUT2D eigenvalue weighted by Crippen LogP contribution is -2.34. The van der Waals surface area contributed by atoms with E-state index >= 15 is 0 Å². The van der Waals surface area contributed by atoms with Gasteiger partial charge in [-0.2, -0.15) is 0 Å². The summed E-state index contributed by atoms with van der Waals surface area (Å²) >= 11 is 6.04. The van der Waals surface area contributed by atoms with Crippen LogP contribution in [0.5, 0.6) is 5.75 Å². The molecule has 2 N–H and O–H groups in total. The Morgan fingerprint density at radius 3 is 2.50 bits per heavy atom. The van der Waals surface area contributed by atoms with E-state index in [1.54, 1.807) is 42.5 Å². The molecule has 0 aliphatic rings. The van der Waals surface area contributed by atoms with Crippen LogP contribution in [-0.2, 0) is 4.79 Å². The van der Waals surface area contributed by atoms with Gasteiger partial charge in [-0.25, -0.2) is 0 Å². The van der Waals surface area contributed by atoms with Crippen LogP contribution < -0.4 is 15.4 Å². The van der Waals surface area contributed by atoms with Gasteiger partial charge in [0.05, 0.1) is 11.3 Å². The Morgan fingerprint density at radius 2 is 1.86 bits per heavy atom. The van der Waals surface area contributed by atoms with Crippen LogP contribution in [0.1, 0.15) is 43.1 Å². The number of hydrogen-bond donors (Lipinski definition) is 2. The Labute approximate surface area is 171 Å². The number of benzene rings is 2. The molecule has 28 heavy (non-hydrogen) atoms. The maximum Gasteiger partial charge on any atom is 0.265 e. The van der Waals surface area contributed by atoms with Crippen molar-refractivity contribution in [3.63, 3.8) is 0 Å². The molecule has 2 rings (SSSR count). The van der Waals surface area contributed by atoms with Crippen LogP contribution in [0.15, 0.2) is 42.5 Å². The molecule has 1 atom stereocenters. The van der Waals surface area contributed by atoms with Crippen molar-refractivity contribution in [2.24, 2.45) is 5.92 Å².